The van der Waals surface area contributed by atoms with Gasteiger partial charge in [-0.1, -0.05) is 45.8 Å². The van der Waals surface area contributed by atoms with Crippen molar-refractivity contribution >= 4 is 31.6 Å². The van der Waals surface area contributed by atoms with Crippen LogP contribution >= 0.6 is 15.9 Å². The molecule has 164 valence electrons. The Labute approximate surface area is 191 Å². The molecule has 31 heavy (non-hydrogen) atoms. The zero-order valence-electron chi connectivity index (χ0n) is 17.4. The average Bonchev–Trinajstić information content (AvgIpc) is 2.72. The minimum Gasteiger partial charge on any atom is -0.490 e. The third-order valence-corrected chi connectivity index (χ3v) is 6.22. The van der Waals surface area contributed by atoms with Crippen LogP contribution in [0, 0.1) is 6.92 Å². The lowest BCUT2D eigenvalue weighted by Crippen LogP contribution is -2.12. The molecule has 0 heterocycles. The smallest absolute Gasteiger partial charge is 0.238 e. The Morgan fingerprint density at radius 1 is 1.00 bits per heavy atom. The lowest BCUT2D eigenvalue weighted by atomic mass is 10.1. The van der Waals surface area contributed by atoms with Crippen LogP contribution in [0.4, 0.5) is 5.69 Å². The SMILES string of the molecule is CCOc1cc(CNc2ccc(S(N)(=O)=O)cc2)c(Br)cc1OCc1cccc(C)c1. The highest BCUT2D eigenvalue weighted by Crippen LogP contribution is 2.35. The summed E-state index contributed by atoms with van der Waals surface area (Å²) in [5, 5.41) is 8.41. The van der Waals surface area contributed by atoms with Gasteiger partial charge >= 0.3 is 0 Å². The van der Waals surface area contributed by atoms with E-state index in [1.54, 1.807) is 12.1 Å². The van der Waals surface area contributed by atoms with Crippen molar-refractivity contribution in [3.63, 3.8) is 0 Å². The second-order valence-electron chi connectivity index (χ2n) is 7.02. The molecular weight excluding hydrogens is 480 g/mol. The highest BCUT2D eigenvalue weighted by Gasteiger charge is 2.12. The lowest BCUT2D eigenvalue weighted by Gasteiger charge is -2.16. The Kier molecular flexibility index (Phi) is 7.59. The number of hydrogen-bond donors (Lipinski definition) is 2. The average molecular weight is 505 g/mol. The third-order valence-electron chi connectivity index (χ3n) is 4.56. The van der Waals surface area contributed by atoms with Gasteiger partial charge in [-0.2, -0.15) is 0 Å². The molecule has 0 aromatic heterocycles. The molecule has 0 aliphatic rings. The summed E-state index contributed by atoms with van der Waals surface area (Å²) in [7, 11) is -3.70. The van der Waals surface area contributed by atoms with Gasteiger partial charge in [0.25, 0.3) is 0 Å². The first-order valence-electron chi connectivity index (χ1n) is 9.76. The maximum absolute atomic E-state index is 11.4. The standard InChI is InChI=1S/C23H25BrN2O4S/c1-3-29-22-12-18(14-26-19-7-9-20(10-8-19)31(25,27)28)21(24)13-23(22)30-15-17-6-4-5-16(2)11-17/h4-13,26H,3,14-15H2,1-2H3,(H2,25,27,28). The van der Waals surface area contributed by atoms with Gasteiger partial charge < -0.3 is 14.8 Å². The summed E-state index contributed by atoms with van der Waals surface area (Å²) in [6, 6.07) is 18.3. The Bertz CT molecular complexity index is 1150. The number of primary sulfonamides is 1. The van der Waals surface area contributed by atoms with Gasteiger partial charge in [0.1, 0.15) is 6.61 Å². The van der Waals surface area contributed by atoms with Crippen molar-refractivity contribution in [2.45, 2.75) is 31.9 Å². The molecule has 3 aromatic rings. The van der Waals surface area contributed by atoms with E-state index in [0.717, 1.165) is 21.3 Å². The summed E-state index contributed by atoms with van der Waals surface area (Å²) >= 11 is 3.61. The molecule has 0 atom stereocenters. The summed E-state index contributed by atoms with van der Waals surface area (Å²) in [5.41, 5.74) is 4.02. The molecule has 6 nitrogen and oxygen atoms in total. The Balaban J connectivity index is 1.73. The van der Waals surface area contributed by atoms with E-state index >= 15 is 0 Å². The molecule has 0 fully saturated rings. The van der Waals surface area contributed by atoms with Crippen molar-refractivity contribution in [2.24, 2.45) is 5.14 Å². The number of rotatable bonds is 9. The van der Waals surface area contributed by atoms with Crippen LogP contribution in [0.5, 0.6) is 11.5 Å². The molecular formula is C23H25BrN2O4S. The van der Waals surface area contributed by atoms with Crippen LogP contribution in [0.3, 0.4) is 0 Å². The van der Waals surface area contributed by atoms with E-state index in [1.807, 2.05) is 31.2 Å². The van der Waals surface area contributed by atoms with Crippen molar-refractivity contribution in [1.29, 1.82) is 0 Å². The number of nitrogens with two attached hydrogens (primary N) is 1. The van der Waals surface area contributed by atoms with Crippen molar-refractivity contribution in [3.05, 3.63) is 81.8 Å². The second-order valence-corrected chi connectivity index (χ2v) is 9.44. The highest BCUT2D eigenvalue weighted by atomic mass is 79.9. The third kappa shape index (κ3) is 6.46. The number of halogens is 1. The Morgan fingerprint density at radius 3 is 2.35 bits per heavy atom. The molecule has 8 heteroatoms. The summed E-state index contributed by atoms with van der Waals surface area (Å²) in [4.78, 5) is 0.0768. The normalized spacial score (nSPS) is 11.2. The van der Waals surface area contributed by atoms with Crippen molar-refractivity contribution in [3.8, 4) is 11.5 Å². The first-order chi connectivity index (χ1) is 14.8. The topological polar surface area (TPSA) is 90.6 Å². The molecule has 3 aromatic carbocycles. The zero-order valence-corrected chi connectivity index (χ0v) is 19.8. The van der Waals surface area contributed by atoms with E-state index in [0.29, 0.717) is 31.3 Å². The van der Waals surface area contributed by atoms with E-state index in [4.69, 9.17) is 14.6 Å². The monoisotopic (exact) mass is 504 g/mol. The molecule has 0 saturated heterocycles. The molecule has 0 bridgehead atoms. The van der Waals surface area contributed by atoms with E-state index in [2.05, 4.69) is 40.3 Å². The first-order valence-corrected chi connectivity index (χ1v) is 12.1. The number of nitrogens with one attached hydrogen (secondary N) is 1. The van der Waals surface area contributed by atoms with Crippen LogP contribution in [0.2, 0.25) is 0 Å². The lowest BCUT2D eigenvalue weighted by molar-refractivity contribution is 0.269. The van der Waals surface area contributed by atoms with Crippen LogP contribution < -0.4 is 19.9 Å². The van der Waals surface area contributed by atoms with Gasteiger partial charge in [0, 0.05) is 16.7 Å². The maximum Gasteiger partial charge on any atom is 0.238 e. The van der Waals surface area contributed by atoms with Crippen molar-refractivity contribution in [1.82, 2.24) is 0 Å². The number of sulfonamides is 1. The Morgan fingerprint density at radius 2 is 1.71 bits per heavy atom. The summed E-state index contributed by atoms with van der Waals surface area (Å²) in [6.45, 7) is 5.45. The van der Waals surface area contributed by atoms with Gasteiger partial charge in [-0.25, -0.2) is 13.6 Å². The first kappa shape index (κ1) is 23.1. The van der Waals surface area contributed by atoms with Gasteiger partial charge in [0.05, 0.1) is 11.5 Å². The fraction of sp³-hybridized carbons (Fsp3) is 0.217. The van der Waals surface area contributed by atoms with Crippen LogP contribution in [-0.2, 0) is 23.2 Å². The number of hydrogen-bond acceptors (Lipinski definition) is 5. The van der Waals surface area contributed by atoms with E-state index in [-0.39, 0.29) is 4.90 Å². The predicted molar refractivity (Wildman–Crippen MR) is 126 cm³/mol. The largest absolute Gasteiger partial charge is 0.490 e. The molecule has 0 saturated carbocycles. The van der Waals surface area contributed by atoms with Gasteiger partial charge in [0.15, 0.2) is 11.5 Å². The van der Waals surface area contributed by atoms with Crippen molar-refractivity contribution < 1.29 is 17.9 Å². The number of benzene rings is 3. The molecule has 0 amide bonds. The molecule has 0 aliphatic carbocycles. The maximum atomic E-state index is 11.4. The zero-order chi connectivity index (χ0) is 22.4. The van der Waals surface area contributed by atoms with Gasteiger partial charge in [-0.15, -0.1) is 0 Å². The van der Waals surface area contributed by atoms with Crippen LogP contribution in [0.15, 0.2) is 70.0 Å². The minimum absolute atomic E-state index is 0.0768. The van der Waals surface area contributed by atoms with Crippen LogP contribution in [0.1, 0.15) is 23.6 Å². The van der Waals surface area contributed by atoms with Crippen LogP contribution in [-0.4, -0.2) is 15.0 Å². The van der Waals surface area contributed by atoms with Crippen molar-refractivity contribution in [2.75, 3.05) is 11.9 Å². The minimum atomic E-state index is -3.70. The number of ether oxygens (including phenoxy) is 2. The van der Waals surface area contributed by atoms with E-state index < -0.39 is 10.0 Å². The molecule has 0 aliphatic heterocycles. The molecule has 3 N–H and O–H groups in total. The number of aryl methyl sites for hydroxylation is 1. The van der Waals surface area contributed by atoms with Gasteiger partial charge in [-0.05, 0) is 61.4 Å². The van der Waals surface area contributed by atoms with E-state index in [9.17, 15) is 8.42 Å². The summed E-state index contributed by atoms with van der Waals surface area (Å²) in [5.74, 6) is 1.33. The summed E-state index contributed by atoms with van der Waals surface area (Å²) in [6.07, 6.45) is 0. The van der Waals surface area contributed by atoms with Gasteiger partial charge in [0.2, 0.25) is 10.0 Å². The number of anilines is 1. The molecule has 0 unspecified atom stereocenters. The van der Waals surface area contributed by atoms with E-state index in [1.165, 1.54) is 17.7 Å². The second kappa shape index (κ2) is 10.2. The molecule has 0 radical (unpaired) electrons. The predicted octanol–water partition coefficient (Wildman–Crippen LogP) is 4.99. The van der Waals surface area contributed by atoms with Gasteiger partial charge in [-0.3, -0.25) is 0 Å². The summed E-state index contributed by atoms with van der Waals surface area (Å²) < 4.78 is 35.5. The fourth-order valence-electron chi connectivity index (χ4n) is 3.02. The molecule has 3 rings (SSSR count). The fourth-order valence-corrected chi connectivity index (χ4v) is 3.99. The Hall–Kier alpha value is -2.55. The van der Waals surface area contributed by atoms with Crippen LogP contribution in [0.25, 0.3) is 0 Å². The quantitative estimate of drug-likeness (QED) is 0.428. The molecule has 0 spiro atoms. The highest BCUT2D eigenvalue weighted by molar-refractivity contribution is 9.10.